The van der Waals surface area contributed by atoms with Gasteiger partial charge in [0.05, 0.1) is 0 Å². The number of carbonyl (C=O) groups excluding carboxylic acids is 1. The second-order valence-corrected chi connectivity index (χ2v) is 5.10. The van der Waals surface area contributed by atoms with Gasteiger partial charge in [0.25, 0.3) is 0 Å². The summed E-state index contributed by atoms with van der Waals surface area (Å²) in [5.74, 6) is 0.0576. The van der Waals surface area contributed by atoms with E-state index in [0.717, 1.165) is 19.4 Å². The van der Waals surface area contributed by atoms with Crippen LogP contribution in [-0.2, 0) is 10.2 Å². The zero-order chi connectivity index (χ0) is 12.3. The predicted octanol–water partition coefficient (Wildman–Crippen LogP) is 1.57. The van der Waals surface area contributed by atoms with Crippen molar-refractivity contribution in [3.8, 4) is 0 Å². The molecule has 1 fully saturated rings. The summed E-state index contributed by atoms with van der Waals surface area (Å²) < 4.78 is 0. The highest BCUT2D eigenvalue weighted by Crippen LogP contribution is 2.47. The zero-order valence-electron chi connectivity index (χ0n) is 10.3. The first-order chi connectivity index (χ1) is 8.12. The molecule has 0 aromatic heterocycles. The van der Waals surface area contributed by atoms with E-state index in [0.29, 0.717) is 6.42 Å². The first kappa shape index (κ1) is 12.1. The van der Waals surface area contributed by atoms with Crippen LogP contribution in [0.2, 0.25) is 0 Å². The number of carbonyl (C=O) groups is 1. The molecular weight excluding hydrogens is 212 g/mol. The second-order valence-electron chi connectivity index (χ2n) is 5.10. The predicted molar refractivity (Wildman–Crippen MR) is 68.6 cm³/mol. The average Bonchev–Trinajstić information content (AvgIpc) is 3.08. The molecule has 0 bridgehead atoms. The minimum absolute atomic E-state index is 0.0576. The van der Waals surface area contributed by atoms with Gasteiger partial charge < -0.3 is 11.1 Å². The van der Waals surface area contributed by atoms with Crippen LogP contribution in [0.15, 0.2) is 30.3 Å². The van der Waals surface area contributed by atoms with E-state index in [-0.39, 0.29) is 17.4 Å². The van der Waals surface area contributed by atoms with Crippen LogP contribution in [0.25, 0.3) is 0 Å². The molecule has 1 unspecified atom stereocenters. The summed E-state index contributed by atoms with van der Waals surface area (Å²) in [6.45, 7) is 2.59. The van der Waals surface area contributed by atoms with E-state index in [2.05, 4.69) is 29.6 Å². The maximum atomic E-state index is 11.6. The Morgan fingerprint density at radius 3 is 2.59 bits per heavy atom. The molecule has 92 valence electrons. The fourth-order valence-corrected chi connectivity index (χ4v) is 2.14. The van der Waals surface area contributed by atoms with Crippen LogP contribution in [0.3, 0.4) is 0 Å². The van der Waals surface area contributed by atoms with Crippen molar-refractivity contribution in [1.82, 2.24) is 5.32 Å². The monoisotopic (exact) mass is 232 g/mol. The molecule has 0 aliphatic heterocycles. The number of nitrogens with two attached hydrogens (primary N) is 1. The normalized spacial score (nSPS) is 18.5. The van der Waals surface area contributed by atoms with E-state index in [9.17, 15) is 4.79 Å². The third-order valence-corrected chi connectivity index (χ3v) is 3.37. The van der Waals surface area contributed by atoms with E-state index >= 15 is 0 Å². The molecule has 1 saturated carbocycles. The third kappa shape index (κ3) is 3.07. The lowest BCUT2D eigenvalue weighted by atomic mass is 9.96. The van der Waals surface area contributed by atoms with Gasteiger partial charge in [0.1, 0.15) is 0 Å². The van der Waals surface area contributed by atoms with Crippen molar-refractivity contribution < 1.29 is 4.79 Å². The molecule has 1 atom stereocenters. The van der Waals surface area contributed by atoms with Crippen molar-refractivity contribution >= 4 is 5.91 Å². The lowest BCUT2D eigenvalue weighted by Crippen LogP contribution is -2.35. The third-order valence-electron chi connectivity index (χ3n) is 3.37. The maximum Gasteiger partial charge on any atom is 0.221 e. The highest BCUT2D eigenvalue weighted by molar-refractivity contribution is 5.76. The molecule has 1 aromatic rings. The molecule has 0 radical (unpaired) electrons. The molecule has 3 nitrogen and oxygen atoms in total. The zero-order valence-corrected chi connectivity index (χ0v) is 10.3. The van der Waals surface area contributed by atoms with Crippen LogP contribution in [0.4, 0.5) is 0 Å². The van der Waals surface area contributed by atoms with Crippen molar-refractivity contribution in [2.45, 2.75) is 37.6 Å². The highest BCUT2D eigenvalue weighted by Gasteiger charge is 2.44. The summed E-state index contributed by atoms with van der Waals surface area (Å²) >= 11 is 0. The smallest absolute Gasteiger partial charge is 0.221 e. The molecule has 3 N–H and O–H groups in total. The molecule has 1 aromatic carbocycles. The Hall–Kier alpha value is -1.35. The number of hydrogen-bond donors (Lipinski definition) is 2. The summed E-state index contributed by atoms with van der Waals surface area (Å²) in [5, 5.41) is 3.00. The lowest BCUT2D eigenvalue weighted by molar-refractivity contribution is -0.121. The average molecular weight is 232 g/mol. The summed E-state index contributed by atoms with van der Waals surface area (Å²) in [4.78, 5) is 11.6. The van der Waals surface area contributed by atoms with E-state index in [1.807, 2.05) is 13.0 Å². The van der Waals surface area contributed by atoms with Crippen molar-refractivity contribution in [3.63, 3.8) is 0 Å². The quantitative estimate of drug-likeness (QED) is 0.809. The Labute approximate surface area is 102 Å². The molecule has 1 amide bonds. The number of nitrogens with one attached hydrogen (secondary N) is 1. The summed E-state index contributed by atoms with van der Waals surface area (Å²) in [6.07, 6.45) is 2.73. The maximum absolute atomic E-state index is 11.6. The Morgan fingerprint density at radius 1 is 1.41 bits per heavy atom. The molecule has 3 heteroatoms. The first-order valence-corrected chi connectivity index (χ1v) is 6.20. The van der Waals surface area contributed by atoms with Gasteiger partial charge in [0.15, 0.2) is 0 Å². The molecule has 2 rings (SSSR count). The standard InChI is InChI=1S/C14H20N2O/c1-11(15)9-13(17)16-10-14(7-8-14)12-5-3-2-4-6-12/h2-6,11H,7-10,15H2,1H3,(H,16,17). The molecule has 17 heavy (non-hydrogen) atoms. The fraction of sp³-hybridized carbons (Fsp3) is 0.500. The summed E-state index contributed by atoms with van der Waals surface area (Å²) in [6, 6.07) is 10.4. The molecular formula is C14H20N2O. The summed E-state index contributed by atoms with van der Waals surface area (Å²) in [7, 11) is 0. The number of rotatable bonds is 5. The van der Waals surface area contributed by atoms with Crippen LogP contribution in [0.5, 0.6) is 0 Å². The SMILES string of the molecule is CC(N)CC(=O)NCC1(c2ccccc2)CC1. The second kappa shape index (κ2) is 4.88. The van der Waals surface area contributed by atoms with Gasteiger partial charge in [0.2, 0.25) is 5.91 Å². The summed E-state index contributed by atoms with van der Waals surface area (Å²) in [5.41, 5.74) is 7.12. The van der Waals surface area contributed by atoms with E-state index in [1.165, 1.54) is 5.56 Å². The van der Waals surface area contributed by atoms with Crippen LogP contribution >= 0.6 is 0 Å². The van der Waals surface area contributed by atoms with Crippen molar-refractivity contribution in [2.75, 3.05) is 6.54 Å². The number of amides is 1. The Bertz CT molecular complexity index is 382. The van der Waals surface area contributed by atoms with Crippen molar-refractivity contribution in [3.05, 3.63) is 35.9 Å². The van der Waals surface area contributed by atoms with Gasteiger partial charge in [-0.05, 0) is 25.3 Å². The van der Waals surface area contributed by atoms with Crippen molar-refractivity contribution in [2.24, 2.45) is 5.73 Å². The van der Waals surface area contributed by atoms with E-state index in [1.54, 1.807) is 0 Å². The first-order valence-electron chi connectivity index (χ1n) is 6.20. The molecule has 1 aliphatic carbocycles. The van der Waals surface area contributed by atoms with Crippen molar-refractivity contribution in [1.29, 1.82) is 0 Å². The molecule has 0 spiro atoms. The lowest BCUT2D eigenvalue weighted by Gasteiger charge is -2.17. The largest absolute Gasteiger partial charge is 0.355 e. The van der Waals surface area contributed by atoms with Gasteiger partial charge in [-0.1, -0.05) is 30.3 Å². The Morgan fingerprint density at radius 2 is 2.06 bits per heavy atom. The van der Waals surface area contributed by atoms with Gasteiger partial charge >= 0.3 is 0 Å². The van der Waals surface area contributed by atoms with E-state index < -0.39 is 0 Å². The topological polar surface area (TPSA) is 55.1 Å². The van der Waals surface area contributed by atoms with Crippen LogP contribution < -0.4 is 11.1 Å². The Kier molecular flexibility index (Phi) is 3.48. The number of hydrogen-bond acceptors (Lipinski definition) is 2. The minimum Gasteiger partial charge on any atom is -0.355 e. The molecule has 0 saturated heterocycles. The molecule has 1 aliphatic rings. The number of benzene rings is 1. The van der Waals surface area contributed by atoms with E-state index in [4.69, 9.17) is 5.73 Å². The molecule has 0 heterocycles. The van der Waals surface area contributed by atoms with Crippen LogP contribution in [0, 0.1) is 0 Å². The van der Waals surface area contributed by atoms with Gasteiger partial charge in [-0.3, -0.25) is 4.79 Å². The van der Waals surface area contributed by atoms with Crippen LogP contribution in [-0.4, -0.2) is 18.5 Å². The van der Waals surface area contributed by atoms with Gasteiger partial charge in [-0.15, -0.1) is 0 Å². The van der Waals surface area contributed by atoms with Gasteiger partial charge in [-0.2, -0.15) is 0 Å². The fourth-order valence-electron chi connectivity index (χ4n) is 2.14. The minimum atomic E-state index is -0.0677. The Balaban J connectivity index is 1.89. The van der Waals surface area contributed by atoms with Crippen LogP contribution in [0.1, 0.15) is 31.7 Å². The van der Waals surface area contributed by atoms with Gasteiger partial charge in [-0.25, -0.2) is 0 Å². The van der Waals surface area contributed by atoms with Gasteiger partial charge in [0, 0.05) is 24.4 Å². The highest BCUT2D eigenvalue weighted by atomic mass is 16.1.